The zero-order chi connectivity index (χ0) is 14.9. The number of unbranched alkanes of at least 4 members (excludes halogenated alkanes) is 12. The lowest BCUT2D eigenvalue weighted by molar-refractivity contribution is 0.483. The van der Waals surface area contributed by atoms with Crippen LogP contribution in [0.4, 0.5) is 0 Å². The summed E-state index contributed by atoms with van der Waals surface area (Å²) in [6, 6.07) is 0.473. The Labute approximate surface area is 129 Å². The van der Waals surface area contributed by atoms with Crippen molar-refractivity contribution in [3.8, 4) is 0 Å². The molecule has 0 bridgehead atoms. The van der Waals surface area contributed by atoms with E-state index < -0.39 is 0 Å². The minimum atomic E-state index is 0.473. The first-order chi connectivity index (χ1) is 9.81. The van der Waals surface area contributed by atoms with Crippen LogP contribution < -0.4 is 5.73 Å². The van der Waals surface area contributed by atoms with E-state index >= 15 is 0 Å². The zero-order valence-corrected chi connectivity index (χ0v) is 14.5. The van der Waals surface area contributed by atoms with Crippen molar-refractivity contribution in [1.82, 2.24) is 0 Å². The molecule has 0 fully saturated rings. The van der Waals surface area contributed by atoms with Crippen LogP contribution in [0.3, 0.4) is 0 Å². The minimum absolute atomic E-state index is 0.473. The first-order valence-electron chi connectivity index (χ1n) is 9.56. The monoisotopic (exact) mass is 283 g/mol. The zero-order valence-electron chi connectivity index (χ0n) is 14.5. The summed E-state index contributed by atoms with van der Waals surface area (Å²) in [5, 5.41) is 0. The highest BCUT2D eigenvalue weighted by Crippen LogP contribution is 2.13. The molecule has 0 aromatic carbocycles. The second kappa shape index (κ2) is 17.0. The predicted octanol–water partition coefficient (Wildman–Crippen LogP) is 6.60. The lowest BCUT2D eigenvalue weighted by Crippen LogP contribution is -2.19. The van der Waals surface area contributed by atoms with Crippen LogP contribution >= 0.6 is 0 Å². The van der Waals surface area contributed by atoms with Gasteiger partial charge in [-0.1, -0.05) is 104 Å². The van der Waals surface area contributed by atoms with E-state index in [1.165, 1.54) is 103 Å². The third-order valence-electron chi connectivity index (χ3n) is 4.36. The molecule has 122 valence electrons. The maximum Gasteiger partial charge on any atom is 0.00388 e. The van der Waals surface area contributed by atoms with Gasteiger partial charge >= 0.3 is 0 Å². The Kier molecular flexibility index (Phi) is 17.0. The Hall–Kier alpha value is -0.0400. The number of rotatable bonds is 16. The molecule has 1 unspecified atom stereocenters. The fourth-order valence-corrected chi connectivity index (χ4v) is 2.87. The Bertz CT molecular complexity index is 167. The molecule has 0 radical (unpaired) electrons. The standard InChI is InChI=1S/C19H41N/c1-3-5-7-9-10-11-12-14-16-18-19(20)17-15-13-8-6-4-2/h19H,3-18,20H2,1-2H3. The summed E-state index contributed by atoms with van der Waals surface area (Å²) >= 11 is 0. The second-order valence-corrected chi connectivity index (χ2v) is 6.58. The molecule has 0 saturated carbocycles. The number of nitrogens with two attached hydrogens (primary N) is 1. The van der Waals surface area contributed by atoms with Gasteiger partial charge in [-0.05, 0) is 12.8 Å². The van der Waals surface area contributed by atoms with E-state index in [1.807, 2.05) is 0 Å². The highest BCUT2D eigenvalue weighted by molar-refractivity contribution is 4.61. The molecule has 1 atom stereocenters. The lowest BCUT2D eigenvalue weighted by Gasteiger charge is -2.11. The number of hydrogen-bond acceptors (Lipinski definition) is 1. The highest BCUT2D eigenvalue weighted by atomic mass is 14.6. The molecule has 0 aliphatic carbocycles. The molecule has 0 amide bonds. The summed E-state index contributed by atoms with van der Waals surface area (Å²) in [5.74, 6) is 0. The lowest BCUT2D eigenvalue weighted by atomic mass is 10.0. The highest BCUT2D eigenvalue weighted by Gasteiger charge is 2.02. The normalized spacial score (nSPS) is 12.8. The van der Waals surface area contributed by atoms with Crippen molar-refractivity contribution in [3.05, 3.63) is 0 Å². The van der Waals surface area contributed by atoms with E-state index in [9.17, 15) is 0 Å². The van der Waals surface area contributed by atoms with Crippen LogP contribution in [0, 0.1) is 0 Å². The van der Waals surface area contributed by atoms with Gasteiger partial charge in [0.1, 0.15) is 0 Å². The van der Waals surface area contributed by atoms with E-state index in [-0.39, 0.29) is 0 Å². The molecule has 0 rings (SSSR count). The van der Waals surface area contributed by atoms with Crippen molar-refractivity contribution in [2.45, 2.75) is 123 Å². The average Bonchev–Trinajstić information content (AvgIpc) is 2.45. The van der Waals surface area contributed by atoms with E-state index in [0.29, 0.717) is 6.04 Å². The van der Waals surface area contributed by atoms with E-state index in [1.54, 1.807) is 0 Å². The van der Waals surface area contributed by atoms with Crippen molar-refractivity contribution in [3.63, 3.8) is 0 Å². The average molecular weight is 284 g/mol. The van der Waals surface area contributed by atoms with Crippen LogP contribution in [0.1, 0.15) is 117 Å². The Morgan fingerprint density at radius 2 is 0.800 bits per heavy atom. The van der Waals surface area contributed by atoms with Gasteiger partial charge in [0, 0.05) is 6.04 Å². The molecule has 20 heavy (non-hydrogen) atoms. The van der Waals surface area contributed by atoms with Crippen LogP contribution in [0.25, 0.3) is 0 Å². The van der Waals surface area contributed by atoms with Crippen LogP contribution in [-0.4, -0.2) is 6.04 Å². The molecule has 0 aromatic rings. The molecule has 0 aromatic heterocycles. The largest absolute Gasteiger partial charge is 0.328 e. The van der Waals surface area contributed by atoms with Gasteiger partial charge in [0.2, 0.25) is 0 Å². The van der Waals surface area contributed by atoms with E-state index in [2.05, 4.69) is 13.8 Å². The van der Waals surface area contributed by atoms with Gasteiger partial charge in [0.15, 0.2) is 0 Å². The van der Waals surface area contributed by atoms with Crippen molar-refractivity contribution >= 4 is 0 Å². The van der Waals surface area contributed by atoms with Crippen molar-refractivity contribution in [1.29, 1.82) is 0 Å². The Morgan fingerprint density at radius 1 is 0.500 bits per heavy atom. The fourth-order valence-electron chi connectivity index (χ4n) is 2.87. The molecular weight excluding hydrogens is 242 g/mol. The van der Waals surface area contributed by atoms with Crippen LogP contribution in [0.15, 0.2) is 0 Å². The van der Waals surface area contributed by atoms with Crippen molar-refractivity contribution in [2.75, 3.05) is 0 Å². The Balaban J connectivity index is 3.09. The van der Waals surface area contributed by atoms with Crippen molar-refractivity contribution in [2.24, 2.45) is 5.73 Å². The first-order valence-corrected chi connectivity index (χ1v) is 9.56. The minimum Gasteiger partial charge on any atom is -0.328 e. The quantitative estimate of drug-likeness (QED) is 0.317. The van der Waals surface area contributed by atoms with Crippen LogP contribution in [-0.2, 0) is 0 Å². The summed E-state index contributed by atoms with van der Waals surface area (Å²) < 4.78 is 0. The molecule has 2 N–H and O–H groups in total. The topological polar surface area (TPSA) is 26.0 Å². The summed E-state index contributed by atoms with van der Waals surface area (Å²) in [6.07, 6.45) is 22.1. The van der Waals surface area contributed by atoms with E-state index in [4.69, 9.17) is 5.73 Å². The third kappa shape index (κ3) is 16.0. The molecule has 0 saturated heterocycles. The maximum atomic E-state index is 6.18. The van der Waals surface area contributed by atoms with Gasteiger partial charge < -0.3 is 5.73 Å². The summed E-state index contributed by atoms with van der Waals surface area (Å²) in [4.78, 5) is 0. The molecule has 0 spiro atoms. The predicted molar refractivity (Wildman–Crippen MR) is 93.2 cm³/mol. The second-order valence-electron chi connectivity index (χ2n) is 6.58. The molecule has 0 aliphatic rings. The fraction of sp³-hybridized carbons (Fsp3) is 1.00. The van der Waals surface area contributed by atoms with E-state index in [0.717, 1.165) is 0 Å². The maximum absolute atomic E-state index is 6.18. The molecule has 1 heteroatoms. The van der Waals surface area contributed by atoms with Gasteiger partial charge in [-0.15, -0.1) is 0 Å². The van der Waals surface area contributed by atoms with Crippen LogP contribution in [0.5, 0.6) is 0 Å². The van der Waals surface area contributed by atoms with Gasteiger partial charge in [0.25, 0.3) is 0 Å². The first kappa shape index (κ1) is 20.0. The van der Waals surface area contributed by atoms with Gasteiger partial charge in [-0.25, -0.2) is 0 Å². The molecule has 0 aliphatic heterocycles. The number of hydrogen-bond donors (Lipinski definition) is 1. The molecule has 1 nitrogen and oxygen atoms in total. The van der Waals surface area contributed by atoms with Crippen LogP contribution in [0.2, 0.25) is 0 Å². The smallest absolute Gasteiger partial charge is 0.00388 e. The van der Waals surface area contributed by atoms with Crippen molar-refractivity contribution < 1.29 is 0 Å². The Morgan fingerprint density at radius 3 is 1.15 bits per heavy atom. The summed E-state index contributed by atoms with van der Waals surface area (Å²) in [7, 11) is 0. The summed E-state index contributed by atoms with van der Waals surface area (Å²) in [5.41, 5.74) is 6.18. The van der Waals surface area contributed by atoms with Gasteiger partial charge in [0.05, 0.1) is 0 Å². The molecule has 0 heterocycles. The third-order valence-corrected chi connectivity index (χ3v) is 4.36. The van der Waals surface area contributed by atoms with Gasteiger partial charge in [-0.2, -0.15) is 0 Å². The van der Waals surface area contributed by atoms with Gasteiger partial charge in [-0.3, -0.25) is 0 Å². The molecular formula is C19H41N. The summed E-state index contributed by atoms with van der Waals surface area (Å²) in [6.45, 7) is 4.56. The SMILES string of the molecule is CCCCCCCCCCCC(N)CCCCCCC.